The van der Waals surface area contributed by atoms with Gasteiger partial charge in [0.1, 0.15) is 0 Å². The maximum atomic E-state index is 11.6. The summed E-state index contributed by atoms with van der Waals surface area (Å²) < 4.78 is 0. The molecule has 1 amide bonds. The van der Waals surface area contributed by atoms with Gasteiger partial charge in [0.05, 0.1) is 0 Å². The van der Waals surface area contributed by atoms with E-state index in [9.17, 15) is 4.79 Å². The summed E-state index contributed by atoms with van der Waals surface area (Å²) >= 11 is 5.91. The summed E-state index contributed by atoms with van der Waals surface area (Å²) in [6.07, 6.45) is 0.735. The molecule has 21 heavy (non-hydrogen) atoms. The molecular formula is C18H16ClNO. The smallest absolute Gasteiger partial charge is 0.296 e. The van der Waals surface area contributed by atoms with Gasteiger partial charge < -0.3 is 5.32 Å². The molecule has 3 heteroatoms. The van der Waals surface area contributed by atoms with Crippen molar-refractivity contribution in [3.8, 4) is 11.8 Å². The van der Waals surface area contributed by atoms with E-state index in [0.29, 0.717) is 11.6 Å². The van der Waals surface area contributed by atoms with Crippen LogP contribution in [-0.4, -0.2) is 12.5 Å². The SMILES string of the molecule is Cc1cccc(C#CC(=O)NCCc2cccc(Cl)c2)c1. The summed E-state index contributed by atoms with van der Waals surface area (Å²) in [5.41, 5.74) is 3.07. The largest absolute Gasteiger partial charge is 0.345 e. The molecule has 0 saturated carbocycles. The Morgan fingerprint density at radius 3 is 2.76 bits per heavy atom. The van der Waals surface area contributed by atoms with Crippen LogP contribution in [0.1, 0.15) is 16.7 Å². The predicted octanol–water partition coefficient (Wildman–Crippen LogP) is 3.36. The Morgan fingerprint density at radius 1 is 1.19 bits per heavy atom. The van der Waals surface area contributed by atoms with Crippen LogP contribution in [-0.2, 0) is 11.2 Å². The lowest BCUT2D eigenvalue weighted by molar-refractivity contribution is -0.115. The van der Waals surface area contributed by atoms with Crippen LogP contribution in [0.15, 0.2) is 48.5 Å². The molecule has 2 aromatic rings. The van der Waals surface area contributed by atoms with Crippen molar-refractivity contribution in [1.82, 2.24) is 5.32 Å². The van der Waals surface area contributed by atoms with E-state index in [2.05, 4.69) is 17.2 Å². The summed E-state index contributed by atoms with van der Waals surface area (Å²) in [5.74, 6) is 5.19. The summed E-state index contributed by atoms with van der Waals surface area (Å²) in [6.45, 7) is 2.54. The Morgan fingerprint density at radius 2 is 2.00 bits per heavy atom. The van der Waals surface area contributed by atoms with Crippen LogP contribution < -0.4 is 5.32 Å². The van der Waals surface area contributed by atoms with Crippen molar-refractivity contribution in [2.45, 2.75) is 13.3 Å². The van der Waals surface area contributed by atoms with E-state index in [4.69, 9.17) is 11.6 Å². The third-order valence-corrected chi connectivity index (χ3v) is 3.16. The highest BCUT2D eigenvalue weighted by Gasteiger charge is 1.97. The van der Waals surface area contributed by atoms with Gasteiger partial charge in [0.2, 0.25) is 0 Å². The Kier molecular flexibility index (Phi) is 5.43. The zero-order valence-electron chi connectivity index (χ0n) is 11.8. The third kappa shape index (κ3) is 5.33. The molecule has 106 valence electrons. The second kappa shape index (κ2) is 7.52. The lowest BCUT2D eigenvalue weighted by Crippen LogP contribution is -2.23. The average Bonchev–Trinajstić information content (AvgIpc) is 2.45. The number of hydrogen-bond donors (Lipinski definition) is 1. The molecule has 0 saturated heterocycles. The van der Waals surface area contributed by atoms with Crippen LogP contribution in [0.5, 0.6) is 0 Å². The Hall–Kier alpha value is -2.24. The number of carbonyl (C=O) groups excluding carboxylic acids is 1. The third-order valence-electron chi connectivity index (χ3n) is 2.93. The number of aryl methyl sites for hydroxylation is 1. The van der Waals surface area contributed by atoms with E-state index in [1.807, 2.05) is 55.5 Å². The second-order valence-electron chi connectivity index (χ2n) is 4.76. The molecular weight excluding hydrogens is 282 g/mol. The summed E-state index contributed by atoms with van der Waals surface area (Å²) in [6, 6.07) is 15.4. The predicted molar refractivity (Wildman–Crippen MR) is 86.2 cm³/mol. The van der Waals surface area contributed by atoms with E-state index >= 15 is 0 Å². The van der Waals surface area contributed by atoms with Crippen molar-refractivity contribution < 1.29 is 4.79 Å². The maximum Gasteiger partial charge on any atom is 0.296 e. The zero-order chi connectivity index (χ0) is 15.1. The fraction of sp³-hybridized carbons (Fsp3) is 0.167. The number of benzene rings is 2. The highest BCUT2D eigenvalue weighted by atomic mass is 35.5. The van der Waals surface area contributed by atoms with E-state index in [0.717, 1.165) is 23.1 Å². The zero-order valence-corrected chi connectivity index (χ0v) is 12.6. The van der Waals surface area contributed by atoms with Gasteiger partial charge in [-0.15, -0.1) is 0 Å². The van der Waals surface area contributed by atoms with Gasteiger partial charge in [-0.3, -0.25) is 4.79 Å². The lowest BCUT2D eigenvalue weighted by atomic mass is 10.1. The summed E-state index contributed by atoms with van der Waals surface area (Å²) in [5, 5.41) is 3.49. The summed E-state index contributed by atoms with van der Waals surface area (Å²) in [4.78, 5) is 11.6. The van der Waals surface area contributed by atoms with Crippen molar-refractivity contribution in [2.24, 2.45) is 0 Å². The lowest BCUT2D eigenvalue weighted by Gasteiger charge is -2.02. The normalized spacial score (nSPS) is 9.62. The minimum absolute atomic E-state index is 0.265. The Bertz CT molecular complexity index is 698. The van der Waals surface area contributed by atoms with Gasteiger partial charge in [-0.05, 0) is 48.7 Å². The molecule has 0 aromatic heterocycles. The first kappa shape index (κ1) is 15.2. The van der Waals surface area contributed by atoms with Crippen LogP contribution in [0.25, 0.3) is 0 Å². The van der Waals surface area contributed by atoms with E-state index in [1.165, 1.54) is 0 Å². The number of hydrogen-bond acceptors (Lipinski definition) is 1. The van der Waals surface area contributed by atoms with Crippen LogP contribution in [0.2, 0.25) is 5.02 Å². The first-order valence-electron chi connectivity index (χ1n) is 6.74. The molecule has 0 atom stereocenters. The molecule has 0 unspecified atom stereocenters. The summed E-state index contributed by atoms with van der Waals surface area (Å²) in [7, 11) is 0. The van der Waals surface area contributed by atoms with Crippen molar-refractivity contribution in [2.75, 3.05) is 6.54 Å². The van der Waals surface area contributed by atoms with Gasteiger partial charge in [-0.2, -0.15) is 0 Å². The highest BCUT2D eigenvalue weighted by Crippen LogP contribution is 2.10. The molecule has 0 bridgehead atoms. The molecule has 0 heterocycles. The molecule has 0 aliphatic heterocycles. The number of rotatable bonds is 3. The minimum Gasteiger partial charge on any atom is -0.345 e. The fourth-order valence-electron chi connectivity index (χ4n) is 1.91. The van der Waals surface area contributed by atoms with Gasteiger partial charge >= 0.3 is 0 Å². The maximum absolute atomic E-state index is 11.6. The van der Waals surface area contributed by atoms with Gasteiger partial charge in [0.15, 0.2) is 0 Å². The Labute approximate surface area is 130 Å². The molecule has 2 nitrogen and oxygen atoms in total. The van der Waals surface area contributed by atoms with Crippen LogP contribution in [0.3, 0.4) is 0 Å². The number of halogens is 1. The Balaban J connectivity index is 1.83. The van der Waals surface area contributed by atoms with Crippen LogP contribution in [0, 0.1) is 18.8 Å². The van der Waals surface area contributed by atoms with Gasteiger partial charge in [-0.25, -0.2) is 0 Å². The second-order valence-corrected chi connectivity index (χ2v) is 5.19. The molecule has 2 aromatic carbocycles. The molecule has 0 fully saturated rings. The standard InChI is InChI=1S/C18H16ClNO/c1-14-4-2-5-15(12-14)8-9-18(21)20-11-10-16-6-3-7-17(19)13-16/h2-7,12-13H,10-11H2,1H3,(H,20,21). The molecule has 0 aliphatic carbocycles. The number of amides is 1. The van der Waals surface area contributed by atoms with E-state index in [1.54, 1.807) is 0 Å². The van der Waals surface area contributed by atoms with Crippen LogP contribution in [0.4, 0.5) is 0 Å². The minimum atomic E-state index is -0.265. The monoisotopic (exact) mass is 297 g/mol. The molecule has 0 radical (unpaired) electrons. The van der Waals surface area contributed by atoms with Gasteiger partial charge in [-0.1, -0.05) is 41.8 Å². The first-order valence-corrected chi connectivity index (χ1v) is 7.12. The highest BCUT2D eigenvalue weighted by molar-refractivity contribution is 6.30. The molecule has 0 aliphatic rings. The molecule has 0 spiro atoms. The van der Waals surface area contributed by atoms with E-state index in [-0.39, 0.29) is 5.91 Å². The average molecular weight is 298 g/mol. The molecule has 1 N–H and O–H groups in total. The van der Waals surface area contributed by atoms with Crippen molar-refractivity contribution in [3.05, 3.63) is 70.2 Å². The first-order chi connectivity index (χ1) is 10.1. The topological polar surface area (TPSA) is 29.1 Å². The number of carbonyl (C=O) groups is 1. The van der Waals surface area contributed by atoms with Gasteiger partial charge in [0.25, 0.3) is 5.91 Å². The van der Waals surface area contributed by atoms with Crippen molar-refractivity contribution in [3.63, 3.8) is 0 Å². The van der Waals surface area contributed by atoms with Crippen molar-refractivity contribution in [1.29, 1.82) is 0 Å². The van der Waals surface area contributed by atoms with Crippen LogP contribution >= 0.6 is 11.6 Å². The quantitative estimate of drug-likeness (QED) is 0.865. The molecule has 2 rings (SSSR count). The van der Waals surface area contributed by atoms with E-state index < -0.39 is 0 Å². The van der Waals surface area contributed by atoms with Gasteiger partial charge in [0, 0.05) is 23.1 Å². The number of nitrogens with one attached hydrogen (secondary N) is 1. The van der Waals surface area contributed by atoms with Crippen molar-refractivity contribution >= 4 is 17.5 Å². The fourth-order valence-corrected chi connectivity index (χ4v) is 2.12.